The highest BCUT2D eigenvalue weighted by Crippen LogP contribution is 2.19. The predicted octanol–water partition coefficient (Wildman–Crippen LogP) is 0.421. The summed E-state index contributed by atoms with van der Waals surface area (Å²) in [4.78, 5) is 15.0. The van der Waals surface area contributed by atoms with Gasteiger partial charge in [-0.1, -0.05) is 0 Å². The van der Waals surface area contributed by atoms with Gasteiger partial charge in [0.1, 0.15) is 11.9 Å². The highest BCUT2D eigenvalue weighted by atomic mass is 16.5. The lowest BCUT2D eigenvalue weighted by Gasteiger charge is -2.08. The molecular formula is C12H9NO2. The molecule has 74 valence electrons. The van der Waals surface area contributed by atoms with Gasteiger partial charge in [0, 0.05) is 16.9 Å². The Balaban J connectivity index is 2.35. The third kappa shape index (κ3) is 1.20. The summed E-state index contributed by atoms with van der Waals surface area (Å²) in [5.41, 5.74) is 0.910. The van der Waals surface area contributed by atoms with Gasteiger partial charge in [0.2, 0.25) is 0 Å². The van der Waals surface area contributed by atoms with Crippen LogP contribution >= 0.6 is 0 Å². The molecule has 1 amide bonds. The van der Waals surface area contributed by atoms with Crippen LogP contribution in [-0.4, -0.2) is 12.0 Å². The highest BCUT2D eigenvalue weighted by Gasteiger charge is 2.17. The molecule has 3 heteroatoms. The lowest BCUT2D eigenvalue weighted by atomic mass is 10.1. The van der Waals surface area contributed by atoms with Crippen molar-refractivity contribution in [1.82, 2.24) is 0 Å². The molecule has 0 saturated heterocycles. The molecule has 1 unspecified atom stereocenters. The molecule has 0 bridgehead atoms. The Morgan fingerprint density at radius 2 is 2.20 bits per heavy atom. The number of hydrogen-bond donors (Lipinski definition) is 0. The van der Waals surface area contributed by atoms with Crippen molar-refractivity contribution < 1.29 is 9.53 Å². The first-order valence-electron chi connectivity index (χ1n) is 4.86. The Bertz CT molecular complexity index is 599. The van der Waals surface area contributed by atoms with Crippen molar-refractivity contribution >= 4 is 18.1 Å². The number of hydrogen-bond acceptors (Lipinski definition) is 2. The molecule has 0 aromatic heterocycles. The average molecular weight is 199 g/mol. The van der Waals surface area contributed by atoms with Crippen molar-refractivity contribution in [2.45, 2.75) is 13.0 Å². The van der Waals surface area contributed by atoms with Crippen LogP contribution in [0.3, 0.4) is 0 Å². The topological polar surface area (TPSA) is 38.7 Å². The van der Waals surface area contributed by atoms with Crippen LogP contribution < -0.4 is 15.3 Å². The summed E-state index contributed by atoms with van der Waals surface area (Å²) in [6.07, 6.45) is 5.39. The second-order valence-corrected chi connectivity index (χ2v) is 3.69. The van der Waals surface area contributed by atoms with E-state index in [-0.39, 0.29) is 12.0 Å². The monoisotopic (exact) mass is 199 g/mol. The molecule has 3 nitrogen and oxygen atoms in total. The highest BCUT2D eigenvalue weighted by molar-refractivity contribution is 5.94. The normalized spacial score (nSPS) is 21.1. The summed E-state index contributed by atoms with van der Waals surface area (Å²) in [6.45, 7) is 1.99. The van der Waals surface area contributed by atoms with E-state index < -0.39 is 0 Å². The van der Waals surface area contributed by atoms with E-state index in [9.17, 15) is 4.79 Å². The maximum Gasteiger partial charge on any atom is 0.270 e. The molecule has 15 heavy (non-hydrogen) atoms. The van der Waals surface area contributed by atoms with E-state index in [2.05, 4.69) is 11.1 Å². The molecule has 0 N–H and O–H groups in total. The molecule has 0 spiro atoms. The van der Waals surface area contributed by atoms with Crippen LogP contribution in [0.1, 0.15) is 12.5 Å². The van der Waals surface area contributed by atoms with Crippen LogP contribution in [0.25, 0.3) is 12.2 Å². The van der Waals surface area contributed by atoms with E-state index in [1.165, 1.54) is 6.08 Å². The van der Waals surface area contributed by atoms with E-state index in [1.54, 1.807) is 6.08 Å². The SMILES string of the molecule is CC1C=c2ccc3c(c2O1)C=CC(=O)N=3. The third-order valence-corrected chi connectivity index (χ3v) is 2.54. The van der Waals surface area contributed by atoms with Gasteiger partial charge in [-0.2, -0.15) is 0 Å². The minimum absolute atomic E-state index is 0.0949. The smallest absolute Gasteiger partial charge is 0.270 e. The standard InChI is InChI=1S/C12H9NO2/c1-7-6-8-2-4-10-9(12(8)15-7)3-5-11(14)13-10/h2-7H,1H3. The lowest BCUT2D eigenvalue weighted by molar-refractivity contribution is -0.113. The molecule has 0 fully saturated rings. The van der Waals surface area contributed by atoms with Crippen molar-refractivity contribution in [1.29, 1.82) is 0 Å². The van der Waals surface area contributed by atoms with Crippen LogP contribution in [0.15, 0.2) is 23.2 Å². The van der Waals surface area contributed by atoms with Crippen LogP contribution in [0, 0.1) is 0 Å². The number of carbonyl (C=O) groups excluding carboxylic acids is 1. The minimum atomic E-state index is -0.211. The molecule has 2 aliphatic heterocycles. The van der Waals surface area contributed by atoms with Gasteiger partial charge in [-0.3, -0.25) is 4.79 Å². The first-order valence-corrected chi connectivity index (χ1v) is 4.86. The van der Waals surface area contributed by atoms with Gasteiger partial charge >= 0.3 is 0 Å². The van der Waals surface area contributed by atoms with Crippen LogP contribution in [0.2, 0.25) is 0 Å². The Labute approximate surface area is 86.4 Å². The van der Waals surface area contributed by atoms with Gasteiger partial charge in [0.05, 0.1) is 5.36 Å². The van der Waals surface area contributed by atoms with E-state index in [0.29, 0.717) is 5.36 Å². The van der Waals surface area contributed by atoms with Crippen LogP contribution in [0.5, 0.6) is 5.75 Å². The zero-order valence-electron chi connectivity index (χ0n) is 8.23. The second kappa shape index (κ2) is 2.79. The zero-order valence-corrected chi connectivity index (χ0v) is 8.23. The summed E-state index contributed by atoms with van der Waals surface area (Å²) >= 11 is 0. The fraction of sp³-hybridized carbons (Fsp3) is 0.167. The maximum atomic E-state index is 11.1. The summed E-state index contributed by atoms with van der Waals surface area (Å²) in [5.74, 6) is 0.630. The largest absolute Gasteiger partial charge is 0.485 e. The van der Waals surface area contributed by atoms with Gasteiger partial charge in [-0.05, 0) is 31.2 Å². The maximum absolute atomic E-state index is 11.1. The summed E-state index contributed by atoms with van der Waals surface area (Å²) in [6, 6.07) is 3.79. The molecular weight excluding hydrogens is 190 g/mol. The minimum Gasteiger partial charge on any atom is -0.485 e. The molecule has 0 aliphatic carbocycles. The van der Waals surface area contributed by atoms with E-state index in [4.69, 9.17) is 4.74 Å². The number of carbonyl (C=O) groups is 1. The summed E-state index contributed by atoms with van der Waals surface area (Å²) in [5, 5.41) is 1.78. The van der Waals surface area contributed by atoms with Crippen molar-refractivity contribution in [3.05, 3.63) is 34.3 Å². The molecule has 1 aromatic rings. The number of ether oxygens (including phenoxy) is 1. The van der Waals surface area contributed by atoms with Gasteiger partial charge < -0.3 is 4.74 Å². The number of fused-ring (bicyclic) bond motifs is 3. The second-order valence-electron chi connectivity index (χ2n) is 3.69. The summed E-state index contributed by atoms with van der Waals surface area (Å²) in [7, 11) is 0. The molecule has 1 atom stereocenters. The number of benzene rings is 1. The first-order chi connectivity index (χ1) is 7.24. The Kier molecular flexibility index (Phi) is 1.57. The van der Waals surface area contributed by atoms with Crippen molar-refractivity contribution in [3.63, 3.8) is 0 Å². The number of amides is 1. The average Bonchev–Trinajstić information content (AvgIpc) is 2.58. The first kappa shape index (κ1) is 8.41. The molecule has 2 heterocycles. The molecule has 2 aliphatic rings. The van der Waals surface area contributed by atoms with Crippen molar-refractivity contribution in [3.8, 4) is 5.75 Å². The zero-order chi connectivity index (χ0) is 10.4. The van der Waals surface area contributed by atoms with Gasteiger partial charge in [0.15, 0.2) is 0 Å². The Hall–Kier alpha value is -1.90. The van der Waals surface area contributed by atoms with Crippen LogP contribution in [0.4, 0.5) is 0 Å². The van der Waals surface area contributed by atoms with Crippen molar-refractivity contribution in [2.75, 3.05) is 0 Å². The predicted molar refractivity (Wildman–Crippen MR) is 55.8 cm³/mol. The number of nitrogens with zero attached hydrogens (tertiary/aromatic N) is 1. The molecule has 3 rings (SSSR count). The van der Waals surface area contributed by atoms with Crippen LogP contribution in [-0.2, 0) is 4.79 Å². The molecule has 1 aromatic carbocycles. The molecule has 0 saturated carbocycles. The van der Waals surface area contributed by atoms with Gasteiger partial charge in [-0.15, -0.1) is 0 Å². The van der Waals surface area contributed by atoms with E-state index >= 15 is 0 Å². The number of rotatable bonds is 0. The van der Waals surface area contributed by atoms with E-state index in [0.717, 1.165) is 16.5 Å². The Morgan fingerprint density at radius 1 is 1.33 bits per heavy atom. The fourth-order valence-electron chi connectivity index (χ4n) is 1.91. The quantitative estimate of drug-likeness (QED) is 0.607. The van der Waals surface area contributed by atoms with Gasteiger partial charge in [0.25, 0.3) is 5.91 Å². The molecule has 0 radical (unpaired) electrons. The lowest BCUT2D eigenvalue weighted by Crippen LogP contribution is -2.18. The fourth-order valence-corrected chi connectivity index (χ4v) is 1.91. The summed E-state index contributed by atoms with van der Waals surface area (Å²) < 4.78 is 5.66. The van der Waals surface area contributed by atoms with E-state index in [1.807, 2.05) is 19.1 Å². The Morgan fingerprint density at radius 3 is 3.07 bits per heavy atom. The van der Waals surface area contributed by atoms with Gasteiger partial charge in [-0.25, -0.2) is 4.99 Å². The van der Waals surface area contributed by atoms with Crippen molar-refractivity contribution in [2.24, 2.45) is 4.99 Å². The third-order valence-electron chi connectivity index (χ3n) is 2.54.